The van der Waals surface area contributed by atoms with Gasteiger partial charge in [0.15, 0.2) is 9.84 Å². The van der Waals surface area contributed by atoms with Crippen molar-refractivity contribution in [2.75, 3.05) is 12.3 Å². The average Bonchev–Trinajstić information content (AvgIpc) is 3.37. The molecule has 3 atom stereocenters. The maximum Gasteiger partial charge on any atom is 0.263 e. The molecule has 13 heteroatoms. The summed E-state index contributed by atoms with van der Waals surface area (Å²) >= 11 is 1.13. The van der Waals surface area contributed by atoms with Gasteiger partial charge < -0.3 is 21.1 Å². The van der Waals surface area contributed by atoms with Gasteiger partial charge in [0, 0.05) is 19.2 Å². The number of amides is 2. The molecule has 0 saturated carbocycles. The third kappa shape index (κ3) is 11.7. The number of carbonyl (C=O) groups excluding carboxylic acids is 2. The highest BCUT2D eigenvalue weighted by molar-refractivity contribution is 7.92. The Balaban J connectivity index is 1.90. The minimum Gasteiger partial charge on any atom is -0.390 e. The van der Waals surface area contributed by atoms with Gasteiger partial charge in [0.1, 0.15) is 22.6 Å². The van der Waals surface area contributed by atoms with Crippen molar-refractivity contribution in [2.45, 2.75) is 103 Å². The molecule has 0 aliphatic heterocycles. The zero-order chi connectivity index (χ0) is 35.4. The number of aliphatic hydroxyl groups excluding tert-OH is 1. The van der Waals surface area contributed by atoms with Crippen molar-refractivity contribution in [3.63, 3.8) is 0 Å². The molecule has 4 N–H and O–H groups in total. The number of carbonyl (C=O) groups is 2. The summed E-state index contributed by atoms with van der Waals surface area (Å²) in [5, 5.41) is 19.7. The molecule has 0 spiro atoms. The van der Waals surface area contributed by atoms with E-state index in [9.17, 15) is 31.9 Å². The van der Waals surface area contributed by atoms with Crippen LogP contribution in [0.25, 0.3) is 0 Å². The van der Waals surface area contributed by atoms with Gasteiger partial charge in [0.2, 0.25) is 5.91 Å². The van der Waals surface area contributed by atoms with Crippen LogP contribution in [0.2, 0.25) is 0 Å². The number of aryl methyl sites for hydroxylation is 3. The van der Waals surface area contributed by atoms with Crippen molar-refractivity contribution in [1.82, 2.24) is 20.9 Å². The Morgan fingerprint density at radius 3 is 2.17 bits per heavy atom. The largest absolute Gasteiger partial charge is 0.390 e. The molecule has 0 fully saturated rings. The van der Waals surface area contributed by atoms with Gasteiger partial charge in [0.25, 0.3) is 5.91 Å². The van der Waals surface area contributed by atoms with E-state index in [1.54, 1.807) is 13.8 Å². The Kier molecular flexibility index (Phi) is 15.1. The fraction of sp³-hybridized carbons (Fsp3) is 0.514. The summed E-state index contributed by atoms with van der Waals surface area (Å²) in [7, 11) is -3.86. The van der Waals surface area contributed by atoms with Crippen LogP contribution in [-0.2, 0) is 34.0 Å². The number of aromatic nitrogens is 1. The van der Waals surface area contributed by atoms with Crippen LogP contribution in [-0.4, -0.2) is 66.1 Å². The highest BCUT2D eigenvalue weighted by Crippen LogP contribution is 2.20. The number of hydrogen-bond donors (Lipinski definition) is 4. The number of halogens is 2. The van der Waals surface area contributed by atoms with Gasteiger partial charge in [-0.1, -0.05) is 57.9 Å². The van der Waals surface area contributed by atoms with Crippen LogP contribution in [0.4, 0.5) is 8.78 Å². The minimum atomic E-state index is -3.86. The van der Waals surface area contributed by atoms with Crippen LogP contribution >= 0.6 is 11.3 Å². The normalized spacial score (nSPS) is 13.7. The van der Waals surface area contributed by atoms with Crippen LogP contribution in [0.5, 0.6) is 0 Å². The molecule has 264 valence electrons. The first kappa shape index (κ1) is 39.2. The Hall–Kier alpha value is -3.26. The summed E-state index contributed by atoms with van der Waals surface area (Å²) < 4.78 is 55.5. The van der Waals surface area contributed by atoms with Crippen molar-refractivity contribution in [1.29, 1.82) is 0 Å². The van der Waals surface area contributed by atoms with Gasteiger partial charge in [-0.25, -0.2) is 22.2 Å². The van der Waals surface area contributed by atoms with Gasteiger partial charge in [0.05, 0.1) is 33.9 Å². The van der Waals surface area contributed by atoms with Crippen LogP contribution in [0.3, 0.4) is 0 Å². The molecular formula is C35H48F2N4O5S2. The number of rotatable bonds is 19. The molecule has 3 rings (SSSR count). The zero-order valence-corrected chi connectivity index (χ0v) is 29.9. The van der Waals surface area contributed by atoms with E-state index in [-0.39, 0.29) is 23.4 Å². The number of benzene rings is 2. The second kappa shape index (κ2) is 18.5. The molecule has 1 heterocycles. The first-order chi connectivity index (χ1) is 22.8. The molecule has 0 unspecified atom stereocenters. The number of sulfone groups is 1. The van der Waals surface area contributed by atoms with E-state index in [2.05, 4.69) is 20.9 Å². The van der Waals surface area contributed by atoms with E-state index in [0.717, 1.165) is 47.1 Å². The minimum absolute atomic E-state index is 0.00281. The van der Waals surface area contributed by atoms with Gasteiger partial charge in [-0.2, -0.15) is 0 Å². The average molecular weight is 707 g/mol. The van der Waals surface area contributed by atoms with E-state index in [1.807, 2.05) is 45.0 Å². The van der Waals surface area contributed by atoms with Gasteiger partial charge in [-0.15, -0.1) is 11.3 Å². The molecule has 1 aromatic heterocycles. The lowest BCUT2D eigenvalue weighted by Crippen LogP contribution is -2.57. The Labute approximate surface area is 286 Å². The SMILES string of the molecule is CCCC(CCC)S(=O)(=O)C[C@@H](NC(=O)c1sc(C)nc1C)C(=O)N[C@@H](Cc1cc(F)cc(F)c1)[C@H](O)CNCc1cccc(CC)c1. The van der Waals surface area contributed by atoms with Crippen molar-refractivity contribution in [3.05, 3.63) is 86.4 Å². The van der Waals surface area contributed by atoms with Crippen molar-refractivity contribution < 1.29 is 31.9 Å². The van der Waals surface area contributed by atoms with Crippen LogP contribution in [0.1, 0.15) is 83.5 Å². The molecule has 9 nitrogen and oxygen atoms in total. The van der Waals surface area contributed by atoms with Gasteiger partial charge in [-0.05, 0) is 68.4 Å². The number of thiazole rings is 1. The van der Waals surface area contributed by atoms with Crippen LogP contribution < -0.4 is 16.0 Å². The molecule has 3 aromatic rings. The monoisotopic (exact) mass is 706 g/mol. The quantitative estimate of drug-likeness (QED) is 0.138. The van der Waals surface area contributed by atoms with Crippen LogP contribution in [0.15, 0.2) is 42.5 Å². The third-order valence-electron chi connectivity index (χ3n) is 8.11. The summed E-state index contributed by atoms with van der Waals surface area (Å²) in [5.74, 6) is -3.77. The van der Waals surface area contributed by atoms with E-state index in [1.165, 1.54) is 0 Å². The molecule has 0 bridgehead atoms. The van der Waals surface area contributed by atoms with Crippen LogP contribution in [0, 0.1) is 25.5 Å². The zero-order valence-electron chi connectivity index (χ0n) is 28.3. The Bertz CT molecular complexity index is 1610. The fourth-order valence-corrected chi connectivity index (χ4v) is 8.66. The van der Waals surface area contributed by atoms with E-state index in [4.69, 9.17) is 0 Å². The van der Waals surface area contributed by atoms with Gasteiger partial charge in [-0.3, -0.25) is 9.59 Å². The lowest BCUT2D eigenvalue weighted by atomic mass is 10.00. The standard InChI is InChI=1S/C35H48F2N4O5S2/c1-6-10-29(11-7-2)48(45,46)21-31(41-35(44)33-22(4)39-23(5)47-33)34(43)40-30(17-26-15-27(36)18-28(37)16-26)32(42)20-38-19-25-13-9-12-24(8-3)14-25/h9,12-16,18,29-32,38,42H,6-8,10-11,17,19-21H2,1-5H3,(H,40,43)(H,41,44)/t30-,31+,32+/m0/s1. The Morgan fingerprint density at radius 2 is 1.58 bits per heavy atom. The van der Waals surface area contributed by atoms with Crippen molar-refractivity contribution in [3.8, 4) is 0 Å². The topological polar surface area (TPSA) is 137 Å². The summed E-state index contributed by atoms with van der Waals surface area (Å²) in [6, 6.07) is 8.28. The first-order valence-corrected chi connectivity index (χ1v) is 19.0. The highest BCUT2D eigenvalue weighted by Gasteiger charge is 2.35. The van der Waals surface area contributed by atoms with Gasteiger partial charge >= 0.3 is 0 Å². The predicted molar refractivity (Wildman–Crippen MR) is 186 cm³/mol. The number of nitrogens with zero attached hydrogens (tertiary/aromatic N) is 1. The molecule has 0 aliphatic carbocycles. The molecule has 2 aromatic carbocycles. The smallest absolute Gasteiger partial charge is 0.263 e. The summed E-state index contributed by atoms with van der Waals surface area (Å²) in [6.07, 6.45) is 1.52. The fourth-order valence-electron chi connectivity index (χ4n) is 5.68. The molecule has 0 saturated heterocycles. The Morgan fingerprint density at radius 1 is 0.938 bits per heavy atom. The number of hydrogen-bond acceptors (Lipinski definition) is 8. The second-order valence-electron chi connectivity index (χ2n) is 12.2. The third-order valence-corrected chi connectivity index (χ3v) is 11.5. The van der Waals surface area contributed by atoms with E-state index in [0.29, 0.717) is 42.9 Å². The highest BCUT2D eigenvalue weighted by atomic mass is 32.2. The van der Waals surface area contributed by atoms with Crippen molar-refractivity contribution in [2.24, 2.45) is 0 Å². The van der Waals surface area contributed by atoms with E-state index >= 15 is 0 Å². The lowest BCUT2D eigenvalue weighted by molar-refractivity contribution is -0.124. The molecule has 48 heavy (non-hydrogen) atoms. The molecule has 0 aliphatic rings. The first-order valence-electron chi connectivity index (χ1n) is 16.4. The summed E-state index contributed by atoms with van der Waals surface area (Å²) in [4.78, 5) is 31.8. The molecular weight excluding hydrogens is 659 g/mol. The number of nitrogens with one attached hydrogen (secondary N) is 3. The molecule has 0 radical (unpaired) electrons. The number of aliphatic hydroxyl groups is 1. The maximum absolute atomic E-state index is 14.1. The second-order valence-corrected chi connectivity index (χ2v) is 15.7. The summed E-state index contributed by atoms with van der Waals surface area (Å²) in [6.45, 7) is 9.62. The lowest BCUT2D eigenvalue weighted by Gasteiger charge is -2.28. The van der Waals surface area contributed by atoms with E-state index < -0.39 is 62.5 Å². The maximum atomic E-state index is 14.1. The predicted octanol–water partition coefficient (Wildman–Crippen LogP) is 4.96. The summed E-state index contributed by atoms with van der Waals surface area (Å²) in [5.41, 5.74) is 2.77. The van der Waals surface area contributed by atoms with Crippen molar-refractivity contribution >= 4 is 33.0 Å². The molecule has 2 amide bonds.